The van der Waals surface area contributed by atoms with Crippen molar-refractivity contribution in [3.63, 3.8) is 0 Å². The second kappa shape index (κ2) is 10.6. The molecule has 0 aliphatic carbocycles. The molecule has 1 aromatic heterocycles. The van der Waals surface area contributed by atoms with Gasteiger partial charge in [0.05, 0.1) is 5.75 Å². The number of nitrogens with zero attached hydrogens (tertiary/aromatic N) is 3. The van der Waals surface area contributed by atoms with Crippen molar-refractivity contribution in [2.24, 2.45) is 5.92 Å². The molecule has 1 aromatic carbocycles. The molecule has 1 aliphatic heterocycles. The molecular weight excluding hydrogens is 487 g/mol. The number of amides is 1. The molecule has 12 heteroatoms. The number of benzene rings is 1. The highest BCUT2D eigenvalue weighted by Gasteiger charge is 2.32. The Balaban J connectivity index is 1.54. The van der Waals surface area contributed by atoms with E-state index in [1.54, 1.807) is 30.0 Å². The Morgan fingerprint density at radius 2 is 1.93 bits per heavy atom. The monoisotopic (exact) mass is 508 g/mol. The van der Waals surface area contributed by atoms with Crippen LogP contribution in [0.25, 0.3) is 0 Å². The second-order valence-corrected chi connectivity index (χ2v) is 11.9. The van der Waals surface area contributed by atoms with E-state index >= 15 is 0 Å². The fourth-order valence-electron chi connectivity index (χ4n) is 3.06. The van der Waals surface area contributed by atoms with Crippen molar-refractivity contribution in [3.8, 4) is 0 Å². The van der Waals surface area contributed by atoms with Crippen LogP contribution < -0.4 is 5.32 Å². The van der Waals surface area contributed by atoms with E-state index in [0.29, 0.717) is 33.6 Å². The summed E-state index contributed by atoms with van der Waals surface area (Å²) in [4.78, 5) is 12.5. The standard InChI is InChI=1S/C18H22Cl2N4O3S3/c1-2-10-28-18-23-22-17(29-18)21-16(25)12-6-8-24(9-7-12)30(26,27)11-13-14(19)4-3-5-15(13)20/h3-5,12H,2,6-11H2,1H3,(H,21,22,25). The molecule has 0 radical (unpaired) electrons. The van der Waals surface area contributed by atoms with Crippen molar-refractivity contribution in [1.82, 2.24) is 14.5 Å². The van der Waals surface area contributed by atoms with Gasteiger partial charge >= 0.3 is 0 Å². The van der Waals surface area contributed by atoms with Gasteiger partial charge in [0.25, 0.3) is 0 Å². The summed E-state index contributed by atoms with van der Waals surface area (Å²) in [6.45, 7) is 2.64. The third-order valence-corrected chi connectivity index (χ3v) is 9.36. The number of hydrogen-bond acceptors (Lipinski definition) is 7. The van der Waals surface area contributed by atoms with Gasteiger partial charge in [0.2, 0.25) is 21.1 Å². The molecule has 0 spiro atoms. The third-order valence-electron chi connectivity index (χ3n) is 4.67. The van der Waals surface area contributed by atoms with Gasteiger partial charge in [-0.25, -0.2) is 12.7 Å². The number of rotatable bonds is 8. The van der Waals surface area contributed by atoms with E-state index in [4.69, 9.17) is 23.2 Å². The number of carbonyl (C=O) groups excluding carboxylic acids is 1. The van der Waals surface area contributed by atoms with Crippen LogP contribution >= 0.6 is 46.3 Å². The second-order valence-electron chi connectivity index (χ2n) is 6.84. The highest BCUT2D eigenvalue weighted by molar-refractivity contribution is 8.01. The Morgan fingerprint density at radius 3 is 2.57 bits per heavy atom. The quantitative estimate of drug-likeness (QED) is 0.415. The van der Waals surface area contributed by atoms with Crippen LogP contribution in [0.3, 0.4) is 0 Å². The summed E-state index contributed by atoms with van der Waals surface area (Å²) in [5, 5.41) is 12.0. The highest BCUT2D eigenvalue weighted by atomic mass is 35.5. The molecule has 2 heterocycles. The Kier molecular flexibility index (Phi) is 8.39. The van der Waals surface area contributed by atoms with Crippen LogP contribution in [0, 0.1) is 5.92 Å². The summed E-state index contributed by atoms with van der Waals surface area (Å²) >= 11 is 15.2. The maximum atomic E-state index is 12.8. The van der Waals surface area contributed by atoms with Crippen molar-refractivity contribution < 1.29 is 13.2 Å². The molecule has 0 saturated carbocycles. The summed E-state index contributed by atoms with van der Waals surface area (Å²) in [6, 6.07) is 4.91. The minimum absolute atomic E-state index is 0.149. The molecule has 1 fully saturated rings. The lowest BCUT2D eigenvalue weighted by Crippen LogP contribution is -2.41. The Hall–Kier alpha value is -0.910. The molecule has 0 atom stereocenters. The SMILES string of the molecule is CCCSc1nnc(NC(=O)C2CCN(S(=O)(=O)Cc3c(Cl)cccc3Cl)CC2)s1. The lowest BCUT2D eigenvalue weighted by Gasteiger charge is -2.30. The molecule has 164 valence electrons. The molecule has 1 amide bonds. The fraction of sp³-hybridized carbons (Fsp3) is 0.500. The van der Waals surface area contributed by atoms with Gasteiger partial charge in [-0.3, -0.25) is 4.79 Å². The van der Waals surface area contributed by atoms with E-state index < -0.39 is 10.0 Å². The first-order valence-electron chi connectivity index (χ1n) is 9.48. The van der Waals surface area contributed by atoms with Gasteiger partial charge in [-0.05, 0) is 31.4 Å². The largest absolute Gasteiger partial charge is 0.300 e. The number of aromatic nitrogens is 2. The zero-order valence-electron chi connectivity index (χ0n) is 16.3. The van der Waals surface area contributed by atoms with Gasteiger partial charge in [-0.15, -0.1) is 10.2 Å². The summed E-state index contributed by atoms with van der Waals surface area (Å²) in [5.41, 5.74) is 0.397. The first-order chi connectivity index (χ1) is 14.3. The van der Waals surface area contributed by atoms with Crippen molar-refractivity contribution in [1.29, 1.82) is 0 Å². The Labute approximate surface area is 194 Å². The zero-order chi connectivity index (χ0) is 21.7. The topological polar surface area (TPSA) is 92.3 Å². The van der Waals surface area contributed by atoms with E-state index in [9.17, 15) is 13.2 Å². The van der Waals surface area contributed by atoms with Crippen LogP contribution in [-0.2, 0) is 20.6 Å². The van der Waals surface area contributed by atoms with Gasteiger partial charge in [0.1, 0.15) is 0 Å². The number of nitrogens with one attached hydrogen (secondary N) is 1. The molecule has 3 rings (SSSR count). The van der Waals surface area contributed by atoms with E-state index in [-0.39, 0.29) is 30.7 Å². The van der Waals surface area contributed by atoms with Gasteiger partial charge in [-0.1, -0.05) is 59.3 Å². The fourth-order valence-corrected chi connectivity index (χ4v) is 7.05. The average Bonchev–Trinajstić information content (AvgIpc) is 3.16. The van der Waals surface area contributed by atoms with Gasteiger partial charge < -0.3 is 5.32 Å². The first kappa shape index (κ1) is 23.7. The number of thioether (sulfide) groups is 1. The van der Waals surface area contributed by atoms with Gasteiger partial charge in [-0.2, -0.15) is 0 Å². The average molecular weight is 510 g/mol. The van der Waals surface area contributed by atoms with Crippen molar-refractivity contribution >= 4 is 67.4 Å². The molecule has 2 aromatic rings. The summed E-state index contributed by atoms with van der Waals surface area (Å²) in [6.07, 6.45) is 1.92. The number of halogens is 2. The van der Waals surface area contributed by atoms with Crippen molar-refractivity contribution in [2.75, 3.05) is 24.2 Å². The van der Waals surface area contributed by atoms with E-state index in [2.05, 4.69) is 22.4 Å². The number of hydrogen-bond donors (Lipinski definition) is 1. The molecule has 1 N–H and O–H groups in total. The zero-order valence-corrected chi connectivity index (χ0v) is 20.3. The van der Waals surface area contributed by atoms with E-state index in [0.717, 1.165) is 16.5 Å². The van der Waals surface area contributed by atoms with Crippen LogP contribution in [0.2, 0.25) is 10.0 Å². The van der Waals surface area contributed by atoms with Crippen molar-refractivity contribution in [2.45, 2.75) is 36.3 Å². The summed E-state index contributed by atoms with van der Waals surface area (Å²) in [5.74, 6) is 0.278. The van der Waals surface area contributed by atoms with Crippen LogP contribution in [0.5, 0.6) is 0 Å². The summed E-state index contributed by atoms with van der Waals surface area (Å²) < 4.78 is 27.8. The molecule has 30 heavy (non-hydrogen) atoms. The number of anilines is 1. The predicted molar refractivity (Wildman–Crippen MR) is 123 cm³/mol. The van der Waals surface area contributed by atoms with E-state index in [1.807, 2.05) is 0 Å². The Bertz CT molecular complexity index is 972. The lowest BCUT2D eigenvalue weighted by atomic mass is 9.97. The molecule has 7 nitrogen and oxygen atoms in total. The first-order valence-corrected chi connectivity index (χ1v) is 13.6. The molecule has 0 unspecified atom stereocenters. The van der Waals surface area contributed by atoms with Gasteiger partial charge in [0, 0.05) is 40.4 Å². The predicted octanol–water partition coefficient (Wildman–Crippen LogP) is 4.53. The normalized spacial score (nSPS) is 16.0. The minimum atomic E-state index is -3.59. The maximum absolute atomic E-state index is 12.8. The summed E-state index contributed by atoms with van der Waals surface area (Å²) in [7, 11) is -3.59. The van der Waals surface area contributed by atoms with Gasteiger partial charge in [0.15, 0.2) is 4.34 Å². The van der Waals surface area contributed by atoms with Crippen LogP contribution in [-0.4, -0.2) is 47.7 Å². The highest BCUT2D eigenvalue weighted by Crippen LogP contribution is 2.30. The van der Waals surface area contributed by atoms with Crippen LogP contribution in [0.1, 0.15) is 31.7 Å². The molecule has 1 aliphatic rings. The van der Waals surface area contributed by atoms with Crippen molar-refractivity contribution in [3.05, 3.63) is 33.8 Å². The maximum Gasteiger partial charge on any atom is 0.229 e. The Morgan fingerprint density at radius 1 is 1.27 bits per heavy atom. The van der Waals surface area contributed by atoms with Crippen LogP contribution in [0.4, 0.5) is 5.13 Å². The number of piperidine rings is 1. The number of carbonyl (C=O) groups is 1. The van der Waals surface area contributed by atoms with Crippen LogP contribution in [0.15, 0.2) is 22.5 Å². The lowest BCUT2D eigenvalue weighted by molar-refractivity contribution is -0.120. The van der Waals surface area contributed by atoms with E-state index in [1.165, 1.54) is 15.6 Å². The third kappa shape index (κ3) is 6.08. The minimum Gasteiger partial charge on any atom is -0.300 e. The number of sulfonamides is 1. The smallest absolute Gasteiger partial charge is 0.229 e. The molecule has 1 saturated heterocycles. The molecular formula is C18H22Cl2N4O3S3. The molecule has 0 bridgehead atoms.